The number of amides is 1. The van der Waals surface area contributed by atoms with Gasteiger partial charge in [0.15, 0.2) is 0 Å². The molecule has 0 N–H and O–H groups in total. The van der Waals surface area contributed by atoms with E-state index in [9.17, 15) is 4.79 Å². The van der Waals surface area contributed by atoms with Crippen LogP contribution >= 0.6 is 0 Å². The Morgan fingerprint density at radius 3 is 2.93 bits per heavy atom. The molecule has 1 heterocycles. The lowest BCUT2D eigenvalue weighted by molar-refractivity contribution is 0.0569. The lowest BCUT2D eigenvalue weighted by atomic mass is 10.3. The minimum absolute atomic E-state index is 0.0566. The zero-order valence-electron chi connectivity index (χ0n) is 9.16. The first-order chi connectivity index (χ1) is 6.61. The second-order valence-electron chi connectivity index (χ2n) is 3.90. The van der Waals surface area contributed by atoms with Crippen LogP contribution in [-0.2, 0) is 9.47 Å². The maximum Gasteiger partial charge on any atom is 0.410 e. The third-order valence-electron chi connectivity index (χ3n) is 2.15. The molecular formula is C10H19NO3. The van der Waals surface area contributed by atoms with Crippen LogP contribution in [0.4, 0.5) is 4.79 Å². The SMILES string of the molecule is CC(C)OC(=O)N1CCCOCC1C. The first-order valence-corrected chi connectivity index (χ1v) is 5.16. The molecule has 1 aliphatic rings. The molecule has 1 amide bonds. The van der Waals surface area contributed by atoms with Gasteiger partial charge in [0.2, 0.25) is 0 Å². The zero-order valence-corrected chi connectivity index (χ0v) is 9.16. The molecule has 4 nitrogen and oxygen atoms in total. The quantitative estimate of drug-likeness (QED) is 0.647. The molecule has 4 heteroatoms. The van der Waals surface area contributed by atoms with E-state index in [0.29, 0.717) is 6.61 Å². The summed E-state index contributed by atoms with van der Waals surface area (Å²) in [5, 5.41) is 0. The van der Waals surface area contributed by atoms with Crippen LogP contribution in [0.1, 0.15) is 27.2 Å². The molecule has 1 atom stereocenters. The summed E-state index contributed by atoms with van der Waals surface area (Å²) in [6.07, 6.45) is 0.606. The highest BCUT2D eigenvalue weighted by Gasteiger charge is 2.23. The van der Waals surface area contributed by atoms with Gasteiger partial charge >= 0.3 is 6.09 Å². The van der Waals surface area contributed by atoms with E-state index in [1.165, 1.54) is 0 Å². The smallest absolute Gasteiger partial charge is 0.410 e. The van der Waals surface area contributed by atoms with Crippen molar-refractivity contribution in [2.24, 2.45) is 0 Å². The normalized spacial score (nSPS) is 23.4. The summed E-state index contributed by atoms with van der Waals surface area (Å²) in [6, 6.07) is 0.115. The van der Waals surface area contributed by atoms with E-state index in [1.54, 1.807) is 4.90 Å². The first kappa shape index (κ1) is 11.3. The molecule has 0 aromatic carbocycles. The predicted molar refractivity (Wildman–Crippen MR) is 53.2 cm³/mol. The average Bonchev–Trinajstić information content (AvgIpc) is 2.28. The molecule has 1 aliphatic heterocycles. The zero-order chi connectivity index (χ0) is 10.6. The molecule has 0 radical (unpaired) electrons. The lowest BCUT2D eigenvalue weighted by Crippen LogP contribution is -2.41. The van der Waals surface area contributed by atoms with Crippen molar-refractivity contribution in [2.45, 2.75) is 39.3 Å². The maximum atomic E-state index is 11.6. The van der Waals surface area contributed by atoms with Crippen LogP contribution in [0.2, 0.25) is 0 Å². The van der Waals surface area contributed by atoms with Crippen molar-refractivity contribution in [3.63, 3.8) is 0 Å². The van der Waals surface area contributed by atoms with Gasteiger partial charge in [-0.2, -0.15) is 0 Å². The van der Waals surface area contributed by atoms with Gasteiger partial charge in [0.1, 0.15) is 0 Å². The average molecular weight is 201 g/mol. The number of nitrogens with zero attached hydrogens (tertiary/aromatic N) is 1. The Bertz CT molecular complexity index is 194. The van der Waals surface area contributed by atoms with E-state index in [2.05, 4.69) is 0 Å². The Morgan fingerprint density at radius 2 is 2.29 bits per heavy atom. The number of hydrogen-bond donors (Lipinski definition) is 0. The van der Waals surface area contributed by atoms with Crippen LogP contribution in [0.25, 0.3) is 0 Å². The van der Waals surface area contributed by atoms with E-state index < -0.39 is 0 Å². The minimum atomic E-state index is -0.224. The van der Waals surface area contributed by atoms with Crippen LogP contribution in [0.3, 0.4) is 0 Å². The second kappa shape index (κ2) is 5.20. The van der Waals surface area contributed by atoms with E-state index in [0.717, 1.165) is 19.6 Å². The standard InChI is InChI=1S/C10H19NO3/c1-8(2)14-10(12)11-5-4-6-13-7-9(11)3/h8-9H,4-7H2,1-3H3. The van der Waals surface area contributed by atoms with Crippen LogP contribution in [0.5, 0.6) is 0 Å². The largest absolute Gasteiger partial charge is 0.447 e. The summed E-state index contributed by atoms with van der Waals surface area (Å²) >= 11 is 0. The number of rotatable bonds is 1. The fraction of sp³-hybridized carbons (Fsp3) is 0.900. The third-order valence-corrected chi connectivity index (χ3v) is 2.15. The van der Waals surface area contributed by atoms with Crippen molar-refractivity contribution < 1.29 is 14.3 Å². The summed E-state index contributed by atoms with van der Waals surface area (Å²) in [7, 11) is 0. The van der Waals surface area contributed by atoms with Crippen molar-refractivity contribution in [3.8, 4) is 0 Å². The molecule has 0 bridgehead atoms. The van der Waals surface area contributed by atoms with Crippen LogP contribution in [-0.4, -0.2) is 42.9 Å². The molecule has 1 saturated heterocycles. The van der Waals surface area contributed by atoms with Crippen molar-refractivity contribution in [1.29, 1.82) is 0 Å². The number of hydrogen-bond acceptors (Lipinski definition) is 3. The Labute approximate surface area is 85.2 Å². The Morgan fingerprint density at radius 1 is 1.57 bits per heavy atom. The number of carbonyl (C=O) groups excluding carboxylic acids is 1. The Kier molecular flexibility index (Phi) is 4.20. The molecule has 1 unspecified atom stereocenters. The molecule has 1 fully saturated rings. The molecule has 14 heavy (non-hydrogen) atoms. The summed E-state index contributed by atoms with van der Waals surface area (Å²) in [5.41, 5.74) is 0. The van der Waals surface area contributed by atoms with Crippen molar-refractivity contribution in [1.82, 2.24) is 4.90 Å². The van der Waals surface area contributed by atoms with Gasteiger partial charge in [0, 0.05) is 13.2 Å². The van der Waals surface area contributed by atoms with Gasteiger partial charge in [-0.25, -0.2) is 4.79 Å². The van der Waals surface area contributed by atoms with Crippen LogP contribution in [0.15, 0.2) is 0 Å². The molecule has 0 spiro atoms. The second-order valence-corrected chi connectivity index (χ2v) is 3.90. The van der Waals surface area contributed by atoms with E-state index in [1.807, 2.05) is 20.8 Å². The summed E-state index contributed by atoms with van der Waals surface area (Å²) in [4.78, 5) is 13.4. The fourth-order valence-corrected chi connectivity index (χ4v) is 1.44. The van der Waals surface area contributed by atoms with Crippen LogP contribution in [0, 0.1) is 0 Å². The maximum absolute atomic E-state index is 11.6. The molecule has 1 rings (SSSR count). The van der Waals surface area contributed by atoms with Gasteiger partial charge in [0.05, 0.1) is 18.8 Å². The third kappa shape index (κ3) is 3.18. The Hall–Kier alpha value is -0.770. The predicted octanol–water partition coefficient (Wildman–Crippen LogP) is 1.64. The number of ether oxygens (including phenoxy) is 2. The van der Waals surface area contributed by atoms with Gasteiger partial charge in [-0.1, -0.05) is 0 Å². The summed E-state index contributed by atoms with van der Waals surface area (Å²) in [5.74, 6) is 0. The van der Waals surface area contributed by atoms with Gasteiger partial charge in [-0.15, -0.1) is 0 Å². The van der Waals surface area contributed by atoms with Gasteiger partial charge in [0.25, 0.3) is 0 Å². The molecule has 0 aromatic heterocycles. The van der Waals surface area contributed by atoms with Gasteiger partial charge in [-0.3, -0.25) is 0 Å². The summed E-state index contributed by atoms with van der Waals surface area (Å²) in [6.45, 7) is 7.76. The lowest BCUT2D eigenvalue weighted by Gasteiger charge is -2.26. The highest BCUT2D eigenvalue weighted by Crippen LogP contribution is 2.09. The molecule has 0 aromatic rings. The summed E-state index contributed by atoms with van der Waals surface area (Å²) < 4.78 is 10.5. The topological polar surface area (TPSA) is 38.8 Å². The minimum Gasteiger partial charge on any atom is -0.447 e. The van der Waals surface area contributed by atoms with Gasteiger partial charge < -0.3 is 14.4 Å². The number of carbonyl (C=O) groups is 1. The molecule has 0 aliphatic carbocycles. The molecular weight excluding hydrogens is 182 g/mol. The monoisotopic (exact) mass is 201 g/mol. The van der Waals surface area contributed by atoms with Crippen molar-refractivity contribution in [2.75, 3.05) is 19.8 Å². The van der Waals surface area contributed by atoms with E-state index in [-0.39, 0.29) is 18.2 Å². The van der Waals surface area contributed by atoms with Crippen molar-refractivity contribution in [3.05, 3.63) is 0 Å². The first-order valence-electron chi connectivity index (χ1n) is 5.16. The van der Waals surface area contributed by atoms with E-state index >= 15 is 0 Å². The van der Waals surface area contributed by atoms with Crippen molar-refractivity contribution >= 4 is 6.09 Å². The van der Waals surface area contributed by atoms with Crippen LogP contribution < -0.4 is 0 Å². The highest BCUT2D eigenvalue weighted by molar-refractivity contribution is 5.68. The Balaban J connectivity index is 2.50. The fourth-order valence-electron chi connectivity index (χ4n) is 1.44. The van der Waals surface area contributed by atoms with Gasteiger partial charge in [-0.05, 0) is 27.2 Å². The molecule has 82 valence electrons. The molecule has 0 saturated carbocycles. The van der Waals surface area contributed by atoms with E-state index in [4.69, 9.17) is 9.47 Å². The highest BCUT2D eigenvalue weighted by atomic mass is 16.6.